The molecule has 1 heteroatoms. The number of anilines is 3. The third-order valence-corrected chi connectivity index (χ3v) is 11.4. The minimum atomic E-state index is -0.235. The maximum Gasteiger partial charge on any atom is 0.0556 e. The number of nitrogens with zero attached hydrogens (tertiary/aromatic N) is 1. The van der Waals surface area contributed by atoms with Crippen LogP contribution in [0.25, 0.3) is 43.8 Å². The average Bonchev–Trinajstić information content (AvgIpc) is 3.48. The smallest absolute Gasteiger partial charge is 0.0556 e. The van der Waals surface area contributed by atoms with Crippen LogP contribution in [0.5, 0.6) is 0 Å². The van der Waals surface area contributed by atoms with Crippen LogP contribution in [0.4, 0.5) is 17.1 Å². The third-order valence-electron chi connectivity index (χ3n) is 11.4. The van der Waals surface area contributed by atoms with Gasteiger partial charge in [0.2, 0.25) is 0 Å². The van der Waals surface area contributed by atoms with E-state index < -0.39 is 0 Å². The Kier molecular flexibility index (Phi) is 6.23. The van der Waals surface area contributed by atoms with Gasteiger partial charge in [0.15, 0.2) is 0 Å². The van der Waals surface area contributed by atoms with Gasteiger partial charge in [0.05, 0.1) is 11.4 Å². The van der Waals surface area contributed by atoms with Crippen LogP contribution in [0.1, 0.15) is 76.3 Å². The van der Waals surface area contributed by atoms with Crippen molar-refractivity contribution in [3.05, 3.63) is 161 Å². The van der Waals surface area contributed by atoms with Crippen molar-refractivity contribution in [1.29, 1.82) is 0 Å². The second-order valence-electron chi connectivity index (χ2n) is 16.2. The van der Waals surface area contributed by atoms with Crippen LogP contribution in [0.15, 0.2) is 133 Å². The summed E-state index contributed by atoms with van der Waals surface area (Å²) in [6.45, 7) is 17.1. The molecule has 0 aliphatic heterocycles. The van der Waals surface area contributed by atoms with Gasteiger partial charge in [0, 0.05) is 21.9 Å². The average molecular weight is 634 g/mol. The number of rotatable bonds is 3. The second-order valence-corrected chi connectivity index (χ2v) is 16.2. The summed E-state index contributed by atoms with van der Waals surface area (Å²) in [6, 6.07) is 49.9. The summed E-state index contributed by atoms with van der Waals surface area (Å²) in [7, 11) is 0. The van der Waals surface area contributed by atoms with Gasteiger partial charge in [0.25, 0.3) is 0 Å². The van der Waals surface area contributed by atoms with Crippen molar-refractivity contribution in [1.82, 2.24) is 0 Å². The van der Waals surface area contributed by atoms with Gasteiger partial charge in [-0.05, 0) is 89.8 Å². The SMILES string of the molecule is CC(C)(C)c1c2c(c(N(c3ccc4ccccc4c3)c3cccc4ccccc34)c3c1-c1ccccc1C3(C)C)C(C)(C)c1ccccc1-2. The lowest BCUT2D eigenvalue weighted by Gasteiger charge is -2.39. The molecule has 9 rings (SSSR count). The van der Waals surface area contributed by atoms with Gasteiger partial charge < -0.3 is 4.90 Å². The van der Waals surface area contributed by atoms with Crippen LogP contribution in [0, 0.1) is 0 Å². The number of hydrogen-bond acceptors (Lipinski definition) is 1. The largest absolute Gasteiger partial charge is 0.309 e. The first-order valence-electron chi connectivity index (χ1n) is 17.7. The maximum atomic E-state index is 2.64. The molecule has 2 aliphatic carbocycles. The molecule has 0 aromatic heterocycles. The van der Waals surface area contributed by atoms with E-state index in [1.54, 1.807) is 0 Å². The van der Waals surface area contributed by atoms with Crippen LogP contribution in [0.2, 0.25) is 0 Å². The van der Waals surface area contributed by atoms with Crippen molar-refractivity contribution < 1.29 is 0 Å². The van der Waals surface area contributed by atoms with Gasteiger partial charge in [-0.15, -0.1) is 0 Å². The van der Waals surface area contributed by atoms with Gasteiger partial charge in [-0.3, -0.25) is 0 Å². The lowest BCUT2D eigenvalue weighted by molar-refractivity contribution is 0.587. The van der Waals surface area contributed by atoms with Crippen LogP contribution >= 0.6 is 0 Å². The summed E-state index contributed by atoms with van der Waals surface area (Å²) in [4.78, 5) is 2.64. The fourth-order valence-electron chi connectivity index (χ4n) is 9.34. The molecule has 7 aromatic carbocycles. The number of benzene rings is 7. The molecule has 7 aromatic rings. The van der Waals surface area contributed by atoms with E-state index in [0.29, 0.717) is 0 Å². The van der Waals surface area contributed by atoms with E-state index in [4.69, 9.17) is 0 Å². The van der Waals surface area contributed by atoms with E-state index in [9.17, 15) is 0 Å². The fourth-order valence-corrected chi connectivity index (χ4v) is 9.34. The first-order chi connectivity index (χ1) is 23.5. The monoisotopic (exact) mass is 633 g/mol. The lowest BCUT2D eigenvalue weighted by atomic mass is 9.70. The van der Waals surface area contributed by atoms with Crippen LogP contribution in [-0.2, 0) is 16.2 Å². The van der Waals surface area contributed by atoms with Gasteiger partial charge in [-0.25, -0.2) is 0 Å². The van der Waals surface area contributed by atoms with Gasteiger partial charge in [-0.1, -0.05) is 164 Å². The van der Waals surface area contributed by atoms with Crippen molar-refractivity contribution in [2.75, 3.05) is 4.90 Å². The first-order valence-corrected chi connectivity index (χ1v) is 17.7. The Morgan fingerprint density at radius 2 is 1.00 bits per heavy atom. The molecule has 0 heterocycles. The maximum absolute atomic E-state index is 2.64. The summed E-state index contributed by atoms with van der Waals surface area (Å²) in [5.74, 6) is 0. The molecule has 0 saturated carbocycles. The normalized spacial score (nSPS) is 15.2. The Balaban J connectivity index is 1.54. The Labute approximate surface area is 290 Å². The Hall–Kier alpha value is -5.14. The van der Waals surface area contributed by atoms with Crippen LogP contribution in [0.3, 0.4) is 0 Å². The minimum absolute atomic E-state index is 0.0962. The van der Waals surface area contributed by atoms with E-state index >= 15 is 0 Å². The van der Waals surface area contributed by atoms with Crippen molar-refractivity contribution in [3.8, 4) is 22.3 Å². The van der Waals surface area contributed by atoms with Gasteiger partial charge in [-0.2, -0.15) is 0 Å². The molecule has 49 heavy (non-hydrogen) atoms. The number of hydrogen-bond donors (Lipinski definition) is 0. The van der Waals surface area contributed by atoms with Crippen LogP contribution in [-0.4, -0.2) is 0 Å². The molecule has 0 N–H and O–H groups in total. The number of fused-ring (bicyclic) bond motifs is 8. The topological polar surface area (TPSA) is 3.24 Å². The zero-order chi connectivity index (χ0) is 33.9. The fraction of sp³-hybridized carbons (Fsp3) is 0.208. The zero-order valence-electron chi connectivity index (χ0n) is 29.6. The second kappa shape index (κ2) is 10.2. The molecule has 0 atom stereocenters. The highest BCUT2D eigenvalue weighted by molar-refractivity contribution is 6.07. The molecule has 1 nitrogen and oxygen atoms in total. The molecule has 0 fully saturated rings. The molecule has 2 aliphatic rings. The quantitative estimate of drug-likeness (QED) is 0.187. The predicted molar refractivity (Wildman–Crippen MR) is 210 cm³/mol. The van der Waals surface area contributed by atoms with E-state index in [0.717, 1.165) is 0 Å². The summed E-state index contributed by atoms with van der Waals surface area (Å²) in [5, 5.41) is 5.00. The summed E-state index contributed by atoms with van der Waals surface area (Å²) in [6.07, 6.45) is 0. The van der Waals surface area contributed by atoms with E-state index in [-0.39, 0.29) is 16.2 Å². The molecule has 0 saturated heterocycles. The predicted octanol–water partition coefficient (Wildman–Crippen LogP) is 13.4. The van der Waals surface area contributed by atoms with E-state index in [1.165, 1.54) is 88.7 Å². The molecule has 0 amide bonds. The molecule has 0 spiro atoms. The molecule has 240 valence electrons. The standard InChI is InChI=1S/C48H43N/c1-46(2,3)42-40-35-22-12-14-24-37(35)47(4,5)43(40)45(44-41(42)36-23-13-15-25-38(36)48(44,6)7)49(33-28-27-30-17-8-9-19-32(30)29-33)39-26-16-20-31-18-10-11-21-34(31)39/h8-29H,1-7H3. The van der Waals surface area contributed by atoms with Crippen LogP contribution < -0.4 is 4.90 Å². The van der Waals surface area contributed by atoms with Crippen molar-refractivity contribution in [3.63, 3.8) is 0 Å². The first kappa shape index (κ1) is 30.0. The highest BCUT2D eigenvalue weighted by Crippen LogP contribution is 2.65. The van der Waals surface area contributed by atoms with Gasteiger partial charge in [0.1, 0.15) is 0 Å². The molecule has 0 unspecified atom stereocenters. The molecule has 0 radical (unpaired) electrons. The van der Waals surface area contributed by atoms with Gasteiger partial charge >= 0.3 is 0 Å². The van der Waals surface area contributed by atoms with E-state index in [2.05, 4.69) is 187 Å². The summed E-state index contributed by atoms with van der Waals surface area (Å²) < 4.78 is 0. The zero-order valence-corrected chi connectivity index (χ0v) is 29.6. The Morgan fingerprint density at radius 1 is 0.490 bits per heavy atom. The Morgan fingerprint density at radius 3 is 1.61 bits per heavy atom. The van der Waals surface area contributed by atoms with E-state index in [1.807, 2.05) is 0 Å². The lowest BCUT2D eigenvalue weighted by Crippen LogP contribution is -2.28. The highest BCUT2D eigenvalue weighted by atomic mass is 15.2. The summed E-state index contributed by atoms with van der Waals surface area (Å²) >= 11 is 0. The highest BCUT2D eigenvalue weighted by Gasteiger charge is 2.50. The molecular weight excluding hydrogens is 591 g/mol. The van der Waals surface area contributed by atoms with Crippen molar-refractivity contribution in [2.45, 2.75) is 64.7 Å². The molecule has 0 bridgehead atoms. The third kappa shape index (κ3) is 4.12. The summed E-state index contributed by atoms with van der Waals surface area (Å²) in [5.41, 5.74) is 15.9. The van der Waals surface area contributed by atoms with Crippen molar-refractivity contribution in [2.24, 2.45) is 0 Å². The Bertz CT molecular complexity index is 2400. The molecular formula is C48H43N. The van der Waals surface area contributed by atoms with Crippen molar-refractivity contribution >= 4 is 38.6 Å². The minimum Gasteiger partial charge on any atom is -0.309 e.